The van der Waals surface area contributed by atoms with Crippen LogP contribution in [0.25, 0.3) is 0 Å². The maximum atomic E-state index is 13.3. The first-order valence-electron chi connectivity index (χ1n) is 9.15. The van der Waals surface area contributed by atoms with Gasteiger partial charge in [-0.1, -0.05) is 0 Å². The van der Waals surface area contributed by atoms with Crippen LogP contribution in [0.15, 0.2) is 12.4 Å². The van der Waals surface area contributed by atoms with E-state index in [2.05, 4.69) is 5.10 Å². The molecule has 0 spiro atoms. The largest absolute Gasteiger partial charge is 0.377 e. The summed E-state index contributed by atoms with van der Waals surface area (Å²) in [5.41, 5.74) is 0.926. The zero-order valence-electron chi connectivity index (χ0n) is 15.4. The van der Waals surface area contributed by atoms with Gasteiger partial charge in [-0.25, -0.2) is 0 Å². The number of aromatic nitrogens is 2. The molecule has 0 N–H and O–H groups in total. The molecule has 0 bridgehead atoms. The highest BCUT2D eigenvalue weighted by atomic mass is 16.5. The summed E-state index contributed by atoms with van der Waals surface area (Å²) in [5.74, 6) is 0.00798. The van der Waals surface area contributed by atoms with E-state index < -0.39 is 0 Å². The van der Waals surface area contributed by atoms with Gasteiger partial charge in [-0.05, 0) is 26.2 Å². The summed E-state index contributed by atoms with van der Waals surface area (Å²) in [7, 11) is 3.64. The minimum atomic E-state index is -0.241. The van der Waals surface area contributed by atoms with Crippen molar-refractivity contribution in [3.63, 3.8) is 0 Å². The summed E-state index contributed by atoms with van der Waals surface area (Å²) >= 11 is 0. The fraction of sp³-hybridized carbons (Fsp3) is 0.722. The molecule has 3 rings (SSSR count). The Hall–Kier alpha value is -1.89. The predicted octanol–water partition coefficient (Wildman–Crippen LogP) is 1.36. The van der Waals surface area contributed by atoms with Gasteiger partial charge in [-0.2, -0.15) is 5.10 Å². The normalized spacial score (nSPS) is 27.6. The SMILES string of the molecule is CCO[C@@H]1CCCN(C(=O)[C@@H]2CCC(=O)N(C)[C@@H]2c2cnn(C)c2)C1. The summed E-state index contributed by atoms with van der Waals surface area (Å²) < 4.78 is 7.45. The topological polar surface area (TPSA) is 67.7 Å². The Bertz CT molecular complexity index is 628. The number of carbonyl (C=O) groups excluding carboxylic acids is 2. The standard InChI is InChI=1S/C18H28N4O3/c1-4-25-14-6-5-9-22(12-14)18(24)15-7-8-16(23)21(3)17(15)13-10-19-20(2)11-13/h10-11,14-15,17H,4-9,12H2,1-3H3/t14-,15-,17-/m1/s1. The van der Waals surface area contributed by atoms with Gasteiger partial charge in [0.05, 0.1) is 24.3 Å². The number of nitrogens with zero attached hydrogens (tertiary/aromatic N) is 4. The second kappa shape index (κ2) is 7.56. The average molecular weight is 348 g/mol. The van der Waals surface area contributed by atoms with Crippen molar-refractivity contribution in [1.82, 2.24) is 19.6 Å². The van der Waals surface area contributed by atoms with Gasteiger partial charge >= 0.3 is 0 Å². The van der Waals surface area contributed by atoms with Crippen molar-refractivity contribution in [3.05, 3.63) is 18.0 Å². The van der Waals surface area contributed by atoms with Gasteiger partial charge in [0, 0.05) is 52.0 Å². The summed E-state index contributed by atoms with van der Waals surface area (Å²) in [6.07, 6.45) is 6.78. The Morgan fingerprint density at radius 3 is 2.84 bits per heavy atom. The molecule has 2 aliphatic heterocycles. The van der Waals surface area contributed by atoms with Crippen molar-refractivity contribution in [1.29, 1.82) is 0 Å². The molecule has 7 nitrogen and oxygen atoms in total. The van der Waals surface area contributed by atoms with Crippen molar-refractivity contribution >= 4 is 11.8 Å². The lowest BCUT2D eigenvalue weighted by atomic mass is 9.84. The number of carbonyl (C=O) groups is 2. The third-order valence-electron chi connectivity index (χ3n) is 5.34. The molecule has 7 heteroatoms. The number of rotatable bonds is 4. The first kappa shape index (κ1) is 17.9. The van der Waals surface area contributed by atoms with E-state index in [-0.39, 0.29) is 29.9 Å². The van der Waals surface area contributed by atoms with Crippen LogP contribution in [-0.4, -0.2) is 64.2 Å². The number of aryl methyl sites for hydroxylation is 1. The van der Waals surface area contributed by atoms with Crippen LogP contribution in [0, 0.1) is 5.92 Å². The smallest absolute Gasteiger partial charge is 0.228 e. The quantitative estimate of drug-likeness (QED) is 0.824. The lowest BCUT2D eigenvalue weighted by Crippen LogP contribution is -2.51. The lowest BCUT2D eigenvalue weighted by Gasteiger charge is -2.41. The molecule has 0 saturated carbocycles. The Kier molecular flexibility index (Phi) is 5.42. The molecule has 1 aromatic rings. The molecular formula is C18H28N4O3. The van der Waals surface area contributed by atoms with Gasteiger partial charge in [0.2, 0.25) is 11.8 Å². The fourth-order valence-corrected chi connectivity index (χ4v) is 4.09. The molecule has 138 valence electrons. The Morgan fingerprint density at radius 2 is 2.16 bits per heavy atom. The highest BCUT2D eigenvalue weighted by Gasteiger charge is 2.41. The van der Waals surface area contributed by atoms with E-state index in [1.54, 1.807) is 22.8 Å². The maximum absolute atomic E-state index is 13.3. The van der Waals surface area contributed by atoms with E-state index in [1.807, 2.05) is 25.1 Å². The van der Waals surface area contributed by atoms with Gasteiger partial charge in [-0.15, -0.1) is 0 Å². The van der Waals surface area contributed by atoms with Crippen LogP contribution in [-0.2, 0) is 21.4 Å². The van der Waals surface area contributed by atoms with Crippen molar-refractivity contribution in [3.8, 4) is 0 Å². The van der Waals surface area contributed by atoms with Crippen molar-refractivity contribution in [2.24, 2.45) is 13.0 Å². The van der Waals surface area contributed by atoms with Crippen LogP contribution in [0.1, 0.15) is 44.2 Å². The van der Waals surface area contributed by atoms with E-state index in [0.29, 0.717) is 26.0 Å². The number of piperidine rings is 2. The molecular weight excluding hydrogens is 320 g/mol. The van der Waals surface area contributed by atoms with Crippen LogP contribution in [0.5, 0.6) is 0 Å². The van der Waals surface area contributed by atoms with Gasteiger partial charge in [0.1, 0.15) is 0 Å². The molecule has 25 heavy (non-hydrogen) atoms. The first-order valence-corrected chi connectivity index (χ1v) is 9.15. The van der Waals surface area contributed by atoms with Crippen molar-refractivity contribution in [2.75, 3.05) is 26.7 Å². The third kappa shape index (κ3) is 3.71. The van der Waals surface area contributed by atoms with Crippen LogP contribution >= 0.6 is 0 Å². The third-order valence-corrected chi connectivity index (χ3v) is 5.34. The van der Waals surface area contributed by atoms with Gasteiger partial charge in [0.15, 0.2) is 0 Å². The molecule has 2 aliphatic rings. The minimum absolute atomic E-state index is 0.0868. The van der Waals surface area contributed by atoms with Gasteiger partial charge in [0.25, 0.3) is 0 Å². The fourth-order valence-electron chi connectivity index (χ4n) is 4.09. The molecule has 3 atom stereocenters. The summed E-state index contributed by atoms with van der Waals surface area (Å²) in [5, 5.41) is 4.23. The zero-order valence-corrected chi connectivity index (χ0v) is 15.4. The maximum Gasteiger partial charge on any atom is 0.228 e. The first-order chi connectivity index (χ1) is 12.0. The monoisotopic (exact) mass is 348 g/mol. The molecule has 0 aromatic carbocycles. The number of amides is 2. The molecule has 1 aromatic heterocycles. The van der Waals surface area contributed by atoms with Crippen LogP contribution < -0.4 is 0 Å². The lowest BCUT2D eigenvalue weighted by molar-refractivity contribution is -0.149. The second-order valence-electron chi connectivity index (χ2n) is 7.05. The van der Waals surface area contributed by atoms with Crippen LogP contribution in [0.3, 0.4) is 0 Å². The molecule has 2 amide bonds. The van der Waals surface area contributed by atoms with E-state index in [4.69, 9.17) is 4.74 Å². The number of likely N-dealkylation sites (tertiary alicyclic amines) is 2. The molecule has 2 fully saturated rings. The molecule has 2 saturated heterocycles. The molecule has 3 heterocycles. The number of ether oxygens (including phenoxy) is 1. The number of hydrogen-bond acceptors (Lipinski definition) is 4. The summed E-state index contributed by atoms with van der Waals surface area (Å²) in [6, 6.07) is -0.241. The summed E-state index contributed by atoms with van der Waals surface area (Å²) in [4.78, 5) is 29.1. The molecule has 0 unspecified atom stereocenters. The number of hydrogen-bond donors (Lipinski definition) is 0. The van der Waals surface area contributed by atoms with E-state index in [0.717, 1.165) is 24.9 Å². The Balaban J connectivity index is 1.80. The summed E-state index contributed by atoms with van der Waals surface area (Å²) in [6.45, 7) is 4.09. The van der Waals surface area contributed by atoms with E-state index >= 15 is 0 Å². The van der Waals surface area contributed by atoms with Crippen molar-refractivity contribution < 1.29 is 14.3 Å². The van der Waals surface area contributed by atoms with E-state index in [9.17, 15) is 9.59 Å². The van der Waals surface area contributed by atoms with E-state index in [1.165, 1.54) is 0 Å². The van der Waals surface area contributed by atoms with Crippen LogP contribution in [0.2, 0.25) is 0 Å². The highest BCUT2D eigenvalue weighted by molar-refractivity contribution is 5.85. The zero-order chi connectivity index (χ0) is 18.0. The average Bonchev–Trinajstić information content (AvgIpc) is 3.03. The molecule has 0 aliphatic carbocycles. The second-order valence-corrected chi connectivity index (χ2v) is 7.05. The predicted molar refractivity (Wildman–Crippen MR) is 92.7 cm³/mol. The van der Waals surface area contributed by atoms with Crippen molar-refractivity contribution in [2.45, 2.75) is 44.8 Å². The Morgan fingerprint density at radius 1 is 1.36 bits per heavy atom. The van der Waals surface area contributed by atoms with Crippen LogP contribution in [0.4, 0.5) is 0 Å². The van der Waals surface area contributed by atoms with Gasteiger partial charge in [-0.3, -0.25) is 14.3 Å². The van der Waals surface area contributed by atoms with Gasteiger partial charge < -0.3 is 14.5 Å². The molecule has 0 radical (unpaired) electrons. The minimum Gasteiger partial charge on any atom is -0.377 e. The Labute approximate surface area is 148 Å². The highest BCUT2D eigenvalue weighted by Crippen LogP contribution is 2.37.